The van der Waals surface area contributed by atoms with Gasteiger partial charge in [-0.3, -0.25) is 0 Å². The molecule has 1 aromatic rings. The summed E-state index contributed by atoms with van der Waals surface area (Å²) < 4.78 is 0. The Balaban J connectivity index is 1.83. The predicted molar refractivity (Wildman–Crippen MR) is 74.2 cm³/mol. The number of rotatable bonds is 5. The Kier molecular flexibility index (Phi) is 5.06. The van der Waals surface area contributed by atoms with Gasteiger partial charge in [-0.05, 0) is 31.4 Å². The molecule has 1 N–H and O–H groups in total. The topological polar surface area (TPSA) is 12.0 Å². The minimum absolute atomic E-state index is 0.653. The smallest absolute Gasteiger partial charge is 0.0107 e. The summed E-state index contributed by atoms with van der Waals surface area (Å²) in [5.74, 6) is 0.963. The lowest BCUT2D eigenvalue weighted by Crippen LogP contribution is -2.30. The van der Waals surface area contributed by atoms with Crippen molar-refractivity contribution in [1.29, 1.82) is 0 Å². The summed E-state index contributed by atoms with van der Waals surface area (Å²) in [7, 11) is 2.11. The zero-order valence-corrected chi connectivity index (χ0v) is 11.0. The van der Waals surface area contributed by atoms with Crippen LogP contribution >= 0.6 is 0 Å². The third-order valence-electron chi connectivity index (χ3n) is 4.08. The number of nitrogens with one attached hydrogen (secondary N) is 1. The van der Waals surface area contributed by atoms with Gasteiger partial charge in [0.15, 0.2) is 0 Å². The van der Waals surface area contributed by atoms with Crippen LogP contribution in [-0.2, 0) is 6.42 Å². The van der Waals surface area contributed by atoms with E-state index in [2.05, 4.69) is 42.7 Å². The molecule has 1 heteroatoms. The van der Waals surface area contributed by atoms with Gasteiger partial charge in [0.1, 0.15) is 0 Å². The quantitative estimate of drug-likeness (QED) is 0.813. The normalized spacial score (nSPS) is 19.1. The van der Waals surface area contributed by atoms with E-state index in [9.17, 15) is 0 Å². The molecule has 0 bridgehead atoms. The Morgan fingerprint density at radius 1 is 1.12 bits per heavy atom. The average Bonchev–Trinajstić information content (AvgIpc) is 2.40. The van der Waals surface area contributed by atoms with E-state index in [1.807, 2.05) is 0 Å². The number of benzene rings is 1. The molecule has 17 heavy (non-hydrogen) atoms. The van der Waals surface area contributed by atoms with E-state index in [1.165, 1.54) is 50.5 Å². The van der Waals surface area contributed by atoms with Crippen LogP contribution in [0.15, 0.2) is 30.3 Å². The van der Waals surface area contributed by atoms with Gasteiger partial charge in [-0.15, -0.1) is 0 Å². The summed E-state index contributed by atoms with van der Waals surface area (Å²) in [6, 6.07) is 11.5. The average molecular weight is 231 g/mol. The van der Waals surface area contributed by atoms with E-state index in [4.69, 9.17) is 0 Å². The Bertz CT molecular complexity index is 301. The Labute approximate surface area is 106 Å². The van der Waals surface area contributed by atoms with Crippen LogP contribution < -0.4 is 5.32 Å². The lowest BCUT2D eigenvalue weighted by atomic mass is 9.83. The van der Waals surface area contributed by atoms with E-state index in [0.29, 0.717) is 6.04 Å². The molecule has 1 aliphatic carbocycles. The van der Waals surface area contributed by atoms with Gasteiger partial charge in [0, 0.05) is 6.04 Å². The van der Waals surface area contributed by atoms with Crippen LogP contribution in [0.2, 0.25) is 0 Å². The lowest BCUT2D eigenvalue weighted by Gasteiger charge is -2.26. The van der Waals surface area contributed by atoms with E-state index < -0.39 is 0 Å². The number of likely N-dealkylation sites (N-methyl/N-ethyl adjacent to an activating group) is 1. The van der Waals surface area contributed by atoms with E-state index in [-0.39, 0.29) is 0 Å². The van der Waals surface area contributed by atoms with Gasteiger partial charge >= 0.3 is 0 Å². The number of hydrogen-bond acceptors (Lipinski definition) is 1. The van der Waals surface area contributed by atoms with Crippen LogP contribution in [-0.4, -0.2) is 13.1 Å². The fourth-order valence-corrected chi connectivity index (χ4v) is 3.03. The Hall–Kier alpha value is -0.820. The summed E-state index contributed by atoms with van der Waals surface area (Å²) >= 11 is 0. The van der Waals surface area contributed by atoms with Crippen molar-refractivity contribution in [2.45, 2.75) is 51.0 Å². The lowest BCUT2D eigenvalue weighted by molar-refractivity contribution is 0.302. The molecule has 0 aromatic heterocycles. The molecule has 0 heterocycles. The van der Waals surface area contributed by atoms with E-state index in [1.54, 1.807) is 0 Å². The Morgan fingerprint density at radius 3 is 2.47 bits per heavy atom. The summed E-state index contributed by atoms with van der Waals surface area (Å²) in [6.07, 6.45) is 9.79. The third-order valence-corrected chi connectivity index (χ3v) is 4.08. The van der Waals surface area contributed by atoms with Gasteiger partial charge in [0.2, 0.25) is 0 Å². The summed E-state index contributed by atoms with van der Waals surface area (Å²) in [4.78, 5) is 0. The molecule has 1 aliphatic rings. The van der Waals surface area contributed by atoms with Crippen molar-refractivity contribution in [3.63, 3.8) is 0 Å². The van der Waals surface area contributed by atoms with Gasteiger partial charge < -0.3 is 5.32 Å². The summed E-state index contributed by atoms with van der Waals surface area (Å²) in [5.41, 5.74) is 1.46. The second-order valence-electron chi connectivity index (χ2n) is 5.42. The molecule has 1 fully saturated rings. The molecule has 1 atom stereocenters. The highest BCUT2D eigenvalue weighted by molar-refractivity contribution is 5.15. The van der Waals surface area contributed by atoms with Gasteiger partial charge in [0.25, 0.3) is 0 Å². The summed E-state index contributed by atoms with van der Waals surface area (Å²) in [6.45, 7) is 0. The van der Waals surface area contributed by atoms with Crippen LogP contribution in [0.4, 0.5) is 0 Å². The van der Waals surface area contributed by atoms with Gasteiger partial charge in [-0.1, -0.05) is 62.4 Å². The highest BCUT2D eigenvalue weighted by Gasteiger charge is 2.18. The summed E-state index contributed by atoms with van der Waals surface area (Å²) in [5, 5.41) is 3.50. The standard InChI is InChI=1S/C16H25N/c1-17-16(12-14-8-4-2-5-9-14)13-15-10-6-3-7-11-15/h2,4-5,8-9,15-17H,3,6-7,10-13H2,1H3. The fraction of sp³-hybridized carbons (Fsp3) is 0.625. The van der Waals surface area contributed by atoms with Crippen molar-refractivity contribution in [2.75, 3.05) is 7.05 Å². The third kappa shape index (κ3) is 4.16. The second-order valence-corrected chi connectivity index (χ2v) is 5.42. The van der Waals surface area contributed by atoms with E-state index in [0.717, 1.165) is 5.92 Å². The minimum atomic E-state index is 0.653. The van der Waals surface area contributed by atoms with Gasteiger partial charge in [0.05, 0.1) is 0 Å². The molecule has 0 spiro atoms. The molecule has 0 saturated heterocycles. The first-order chi connectivity index (χ1) is 8.38. The van der Waals surface area contributed by atoms with Crippen molar-refractivity contribution in [1.82, 2.24) is 5.32 Å². The van der Waals surface area contributed by atoms with Crippen LogP contribution in [0.25, 0.3) is 0 Å². The largest absolute Gasteiger partial charge is 0.317 e. The molecule has 0 amide bonds. The van der Waals surface area contributed by atoms with Crippen LogP contribution in [0.1, 0.15) is 44.1 Å². The molecule has 2 rings (SSSR count). The molecule has 1 nitrogen and oxygen atoms in total. The maximum Gasteiger partial charge on any atom is 0.0107 e. The SMILES string of the molecule is CNC(Cc1ccccc1)CC1CCCCC1. The van der Waals surface area contributed by atoms with Crippen molar-refractivity contribution < 1.29 is 0 Å². The molecular weight excluding hydrogens is 206 g/mol. The van der Waals surface area contributed by atoms with Crippen LogP contribution in [0.3, 0.4) is 0 Å². The molecule has 0 radical (unpaired) electrons. The van der Waals surface area contributed by atoms with Gasteiger partial charge in [-0.2, -0.15) is 0 Å². The second kappa shape index (κ2) is 6.80. The molecule has 0 aliphatic heterocycles. The highest BCUT2D eigenvalue weighted by Crippen LogP contribution is 2.27. The van der Waals surface area contributed by atoms with Gasteiger partial charge in [-0.25, -0.2) is 0 Å². The van der Waals surface area contributed by atoms with Crippen LogP contribution in [0.5, 0.6) is 0 Å². The van der Waals surface area contributed by atoms with Crippen molar-refractivity contribution in [3.05, 3.63) is 35.9 Å². The first-order valence-electron chi connectivity index (χ1n) is 7.09. The monoisotopic (exact) mass is 231 g/mol. The van der Waals surface area contributed by atoms with Crippen molar-refractivity contribution in [3.8, 4) is 0 Å². The maximum absolute atomic E-state index is 3.50. The molecular formula is C16H25N. The first kappa shape index (κ1) is 12.6. The molecule has 1 saturated carbocycles. The zero-order chi connectivity index (χ0) is 11.9. The van der Waals surface area contributed by atoms with Crippen molar-refractivity contribution >= 4 is 0 Å². The number of hydrogen-bond donors (Lipinski definition) is 1. The molecule has 1 unspecified atom stereocenters. The first-order valence-corrected chi connectivity index (χ1v) is 7.09. The molecule has 1 aromatic carbocycles. The maximum atomic E-state index is 3.50. The van der Waals surface area contributed by atoms with Crippen LogP contribution in [0, 0.1) is 5.92 Å². The highest BCUT2D eigenvalue weighted by atomic mass is 14.9. The fourth-order valence-electron chi connectivity index (χ4n) is 3.03. The Morgan fingerprint density at radius 2 is 1.82 bits per heavy atom. The molecule has 94 valence electrons. The minimum Gasteiger partial charge on any atom is -0.317 e. The predicted octanol–water partition coefficient (Wildman–Crippen LogP) is 3.79. The van der Waals surface area contributed by atoms with Crippen molar-refractivity contribution in [2.24, 2.45) is 5.92 Å². The zero-order valence-electron chi connectivity index (χ0n) is 11.0. The van der Waals surface area contributed by atoms with E-state index >= 15 is 0 Å².